The molecule has 1 fully saturated rings. The molecular weight excluding hydrogens is 323 g/mol. The maximum Gasteiger partial charge on any atom is 0.573 e. The number of ether oxygens (including phenoxy) is 1. The van der Waals surface area contributed by atoms with E-state index in [4.69, 9.17) is 0 Å². The Balaban J connectivity index is 2.06. The number of benzene rings is 1. The smallest absolute Gasteiger partial charge is 0.406 e. The topological polar surface area (TPSA) is 75.6 Å². The van der Waals surface area contributed by atoms with Crippen LogP contribution in [0.25, 0.3) is 0 Å². The molecule has 0 aliphatic heterocycles. The number of alkyl halides is 3. The third-order valence-corrected chi connectivity index (χ3v) is 4.87. The van der Waals surface area contributed by atoms with Gasteiger partial charge in [0.1, 0.15) is 5.75 Å². The fourth-order valence-electron chi connectivity index (χ4n) is 2.38. The lowest BCUT2D eigenvalue weighted by molar-refractivity contribution is -0.274. The van der Waals surface area contributed by atoms with Crippen LogP contribution in [0.5, 0.6) is 5.75 Å². The average Bonchev–Trinajstić information content (AvgIpc) is 2.36. The van der Waals surface area contributed by atoms with Crippen LogP contribution in [0, 0.1) is 0 Å². The molecule has 124 valence electrons. The molecule has 0 saturated heterocycles. The number of aliphatic hydroxyl groups excluding tert-OH is 1. The second-order valence-corrected chi connectivity index (χ2v) is 6.87. The van der Waals surface area contributed by atoms with Crippen LogP contribution in [-0.4, -0.2) is 32.0 Å². The van der Waals surface area contributed by atoms with Gasteiger partial charge in [-0.1, -0.05) is 0 Å². The highest BCUT2D eigenvalue weighted by Gasteiger charge is 2.31. The Morgan fingerprint density at radius 2 is 1.82 bits per heavy atom. The highest BCUT2D eigenvalue weighted by atomic mass is 32.2. The minimum Gasteiger partial charge on any atom is -0.406 e. The van der Waals surface area contributed by atoms with Gasteiger partial charge in [0.05, 0.1) is 11.0 Å². The number of sulfonamides is 1. The van der Waals surface area contributed by atoms with Gasteiger partial charge in [-0.25, -0.2) is 13.1 Å². The fraction of sp³-hybridized carbons (Fsp3) is 0.538. The van der Waals surface area contributed by atoms with E-state index in [1.54, 1.807) is 0 Å². The third kappa shape index (κ3) is 4.85. The first-order chi connectivity index (χ1) is 10.2. The SMILES string of the molecule is O=S(=O)(N[C@@H]1CCC[C@@H](O)C1)c1ccc(OC(F)(F)F)cc1. The van der Waals surface area contributed by atoms with E-state index in [1.807, 2.05) is 0 Å². The molecule has 2 N–H and O–H groups in total. The van der Waals surface area contributed by atoms with E-state index in [2.05, 4.69) is 9.46 Å². The normalized spacial score (nSPS) is 23.3. The van der Waals surface area contributed by atoms with E-state index >= 15 is 0 Å². The minimum absolute atomic E-state index is 0.151. The van der Waals surface area contributed by atoms with E-state index in [0.717, 1.165) is 24.3 Å². The Bertz CT molecular complexity index is 601. The predicted molar refractivity (Wildman–Crippen MR) is 71.7 cm³/mol. The first-order valence-corrected chi connectivity index (χ1v) is 8.20. The molecule has 9 heteroatoms. The van der Waals surface area contributed by atoms with Crippen molar-refractivity contribution in [2.75, 3.05) is 0 Å². The Labute approximate surface area is 126 Å². The van der Waals surface area contributed by atoms with Gasteiger partial charge < -0.3 is 9.84 Å². The zero-order valence-electron chi connectivity index (χ0n) is 11.5. The van der Waals surface area contributed by atoms with Crippen molar-refractivity contribution in [3.63, 3.8) is 0 Å². The molecule has 2 atom stereocenters. The number of hydrogen-bond acceptors (Lipinski definition) is 4. The van der Waals surface area contributed by atoms with Crippen LogP contribution in [0.3, 0.4) is 0 Å². The van der Waals surface area contributed by atoms with E-state index in [-0.39, 0.29) is 10.9 Å². The van der Waals surface area contributed by atoms with Crippen LogP contribution in [0.4, 0.5) is 13.2 Å². The summed E-state index contributed by atoms with van der Waals surface area (Å²) in [6.07, 6.45) is -3.06. The van der Waals surface area contributed by atoms with Gasteiger partial charge >= 0.3 is 6.36 Å². The maximum absolute atomic E-state index is 12.1. The van der Waals surface area contributed by atoms with Crippen LogP contribution in [0.1, 0.15) is 25.7 Å². The Hall–Kier alpha value is -1.32. The summed E-state index contributed by atoms with van der Waals surface area (Å²) in [5.74, 6) is -0.487. The molecule has 1 aliphatic carbocycles. The second kappa shape index (κ2) is 6.43. The van der Waals surface area contributed by atoms with Crippen molar-refractivity contribution < 1.29 is 31.4 Å². The molecule has 0 amide bonds. The molecule has 0 radical (unpaired) electrons. The summed E-state index contributed by atoms with van der Waals surface area (Å²) >= 11 is 0. The lowest BCUT2D eigenvalue weighted by Gasteiger charge is -2.26. The number of aliphatic hydroxyl groups is 1. The summed E-state index contributed by atoms with van der Waals surface area (Å²) < 4.78 is 66.6. The summed E-state index contributed by atoms with van der Waals surface area (Å²) in [6.45, 7) is 0. The van der Waals surface area contributed by atoms with E-state index in [0.29, 0.717) is 25.7 Å². The van der Waals surface area contributed by atoms with Gasteiger partial charge in [0.2, 0.25) is 10.0 Å². The molecule has 0 unspecified atom stereocenters. The van der Waals surface area contributed by atoms with Gasteiger partial charge in [-0.3, -0.25) is 0 Å². The summed E-state index contributed by atoms with van der Waals surface area (Å²) in [7, 11) is -3.84. The second-order valence-electron chi connectivity index (χ2n) is 5.16. The first kappa shape index (κ1) is 17.0. The predicted octanol–water partition coefficient (Wildman–Crippen LogP) is 2.17. The summed E-state index contributed by atoms with van der Waals surface area (Å²) in [5, 5.41) is 9.53. The monoisotopic (exact) mass is 339 g/mol. The van der Waals surface area contributed by atoms with E-state index in [9.17, 15) is 26.7 Å². The van der Waals surface area contributed by atoms with Crippen LogP contribution < -0.4 is 9.46 Å². The number of nitrogens with one attached hydrogen (secondary N) is 1. The van der Waals surface area contributed by atoms with Gasteiger partial charge in [0.15, 0.2) is 0 Å². The first-order valence-electron chi connectivity index (χ1n) is 6.72. The zero-order valence-corrected chi connectivity index (χ0v) is 12.3. The van der Waals surface area contributed by atoms with Crippen LogP contribution in [-0.2, 0) is 10.0 Å². The molecular formula is C13H16F3NO4S. The highest BCUT2D eigenvalue weighted by Crippen LogP contribution is 2.25. The molecule has 0 spiro atoms. The number of hydrogen-bond donors (Lipinski definition) is 2. The minimum atomic E-state index is -4.82. The summed E-state index contributed by atoms with van der Waals surface area (Å²) in [4.78, 5) is -0.151. The Morgan fingerprint density at radius 3 is 2.36 bits per heavy atom. The van der Waals surface area contributed by atoms with E-state index < -0.39 is 28.2 Å². The fourth-order valence-corrected chi connectivity index (χ4v) is 3.66. The van der Waals surface area contributed by atoms with Crippen molar-refractivity contribution in [3.05, 3.63) is 24.3 Å². The zero-order chi connectivity index (χ0) is 16.4. The number of halogens is 3. The molecule has 0 heterocycles. The van der Waals surface area contributed by atoms with Gasteiger partial charge in [-0.15, -0.1) is 13.2 Å². The van der Waals surface area contributed by atoms with E-state index in [1.165, 1.54) is 0 Å². The summed E-state index contributed by atoms with van der Waals surface area (Å²) in [5.41, 5.74) is 0. The third-order valence-electron chi connectivity index (χ3n) is 3.34. The highest BCUT2D eigenvalue weighted by molar-refractivity contribution is 7.89. The average molecular weight is 339 g/mol. The largest absolute Gasteiger partial charge is 0.573 e. The maximum atomic E-state index is 12.1. The van der Waals surface area contributed by atoms with Crippen molar-refractivity contribution in [2.45, 2.75) is 49.1 Å². The van der Waals surface area contributed by atoms with Gasteiger partial charge in [-0.2, -0.15) is 0 Å². The summed E-state index contributed by atoms with van der Waals surface area (Å²) in [6, 6.07) is 3.60. The number of rotatable bonds is 4. The van der Waals surface area contributed by atoms with Gasteiger partial charge in [-0.05, 0) is 49.9 Å². The van der Waals surface area contributed by atoms with Crippen molar-refractivity contribution in [1.29, 1.82) is 0 Å². The van der Waals surface area contributed by atoms with Gasteiger partial charge in [0, 0.05) is 6.04 Å². The van der Waals surface area contributed by atoms with Crippen molar-refractivity contribution >= 4 is 10.0 Å². The molecule has 5 nitrogen and oxygen atoms in total. The molecule has 22 heavy (non-hydrogen) atoms. The van der Waals surface area contributed by atoms with Crippen LogP contribution in [0.2, 0.25) is 0 Å². The van der Waals surface area contributed by atoms with Gasteiger partial charge in [0.25, 0.3) is 0 Å². The molecule has 1 aromatic carbocycles. The lowest BCUT2D eigenvalue weighted by atomic mass is 9.94. The molecule has 0 aromatic heterocycles. The van der Waals surface area contributed by atoms with Crippen LogP contribution >= 0.6 is 0 Å². The Morgan fingerprint density at radius 1 is 1.18 bits per heavy atom. The molecule has 0 bridgehead atoms. The van der Waals surface area contributed by atoms with Crippen molar-refractivity contribution in [3.8, 4) is 5.75 Å². The molecule has 1 aliphatic rings. The standard InChI is InChI=1S/C13H16F3NO4S/c14-13(15,16)21-11-4-6-12(7-5-11)22(19,20)17-9-2-1-3-10(18)8-9/h4-7,9-10,17-18H,1-3,8H2/t9-,10-/m1/s1. The molecule has 1 aromatic rings. The van der Waals surface area contributed by atoms with Crippen LogP contribution in [0.15, 0.2) is 29.2 Å². The quantitative estimate of drug-likeness (QED) is 0.881. The molecule has 2 rings (SSSR count). The van der Waals surface area contributed by atoms with Crippen molar-refractivity contribution in [1.82, 2.24) is 4.72 Å². The Kier molecular flexibility index (Phi) is 4.98. The van der Waals surface area contributed by atoms with Crippen molar-refractivity contribution in [2.24, 2.45) is 0 Å². The lowest BCUT2D eigenvalue weighted by Crippen LogP contribution is -2.39. The molecule has 1 saturated carbocycles.